The topological polar surface area (TPSA) is 15.3 Å². The standard InChI is InChI=1S/C17H28N2/c1-13(2)15-6-8-16(9-7-15)19-12-14(3)18-11-10-17(19,4)5/h6-9,13-14,18H,10-12H2,1-5H3. The van der Waals surface area contributed by atoms with Crippen LogP contribution in [0.3, 0.4) is 0 Å². The summed E-state index contributed by atoms with van der Waals surface area (Å²) in [7, 11) is 0. The second-order valence-corrected chi connectivity index (χ2v) is 6.77. The van der Waals surface area contributed by atoms with Crippen molar-refractivity contribution < 1.29 is 0 Å². The summed E-state index contributed by atoms with van der Waals surface area (Å²) in [6.07, 6.45) is 1.18. The Morgan fingerprint density at radius 3 is 2.42 bits per heavy atom. The zero-order valence-corrected chi connectivity index (χ0v) is 13.0. The van der Waals surface area contributed by atoms with Crippen LogP contribution in [-0.4, -0.2) is 24.7 Å². The summed E-state index contributed by atoms with van der Waals surface area (Å²) < 4.78 is 0. The van der Waals surface area contributed by atoms with Gasteiger partial charge in [-0.15, -0.1) is 0 Å². The molecule has 1 unspecified atom stereocenters. The highest BCUT2D eigenvalue weighted by molar-refractivity contribution is 5.50. The van der Waals surface area contributed by atoms with E-state index in [9.17, 15) is 0 Å². The molecule has 1 fully saturated rings. The molecule has 106 valence electrons. The highest BCUT2D eigenvalue weighted by Crippen LogP contribution is 2.29. The quantitative estimate of drug-likeness (QED) is 0.870. The first kappa shape index (κ1) is 14.4. The van der Waals surface area contributed by atoms with Crippen molar-refractivity contribution in [3.05, 3.63) is 29.8 Å². The van der Waals surface area contributed by atoms with Crippen molar-refractivity contribution in [2.75, 3.05) is 18.0 Å². The first-order chi connectivity index (χ1) is 8.90. The van der Waals surface area contributed by atoms with Gasteiger partial charge in [-0.2, -0.15) is 0 Å². The van der Waals surface area contributed by atoms with Crippen LogP contribution in [0.25, 0.3) is 0 Å². The van der Waals surface area contributed by atoms with Gasteiger partial charge in [-0.3, -0.25) is 0 Å². The third-order valence-electron chi connectivity index (χ3n) is 4.29. The lowest BCUT2D eigenvalue weighted by Gasteiger charge is -2.39. The maximum Gasteiger partial charge on any atom is 0.0371 e. The molecule has 1 atom stereocenters. The van der Waals surface area contributed by atoms with Gasteiger partial charge in [-0.05, 0) is 57.4 Å². The van der Waals surface area contributed by atoms with E-state index in [0.29, 0.717) is 12.0 Å². The van der Waals surface area contributed by atoms with E-state index in [1.54, 1.807) is 0 Å². The fraction of sp³-hybridized carbons (Fsp3) is 0.647. The summed E-state index contributed by atoms with van der Waals surface area (Å²) in [5.74, 6) is 0.604. The second kappa shape index (κ2) is 5.54. The minimum Gasteiger partial charge on any atom is -0.365 e. The molecule has 0 amide bonds. The molecule has 1 aromatic carbocycles. The minimum atomic E-state index is 0.219. The molecule has 0 aromatic heterocycles. The highest BCUT2D eigenvalue weighted by atomic mass is 15.2. The summed E-state index contributed by atoms with van der Waals surface area (Å²) in [4.78, 5) is 2.56. The lowest BCUT2D eigenvalue weighted by Crippen LogP contribution is -2.46. The number of nitrogens with one attached hydrogen (secondary N) is 1. The Balaban J connectivity index is 2.26. The van der Waals surface area contributed by atoms with Crippen LogP contribution in [0.2, 0.25) is 0 Å². The monoisotopic (exact) mass is 260 g/mol. The molecule has 0 radical (unpaired) electrons. The second-order valence-electron chi connectivity index (χ2n) is 6.77. The molecule has 1 heterocycles. The molecule has 2 rings (SSSR count). The van der Waals surface area contributed by atoms with Crippen LogP contribution in [0.4, 0.5) is 5.69 Å². The average Bonchev–Trinajstić information content (AvgIpc) is 2.48. The van der Waals surface area contributed by atoms with Crippen LogP contribution in [0.15, 0.2) is 24.3 Å². The van der Waals surface area contributed by atoms with E-state index >= 15 is 0 Å². The average molecular weight is 260 g/mol. The normalized spacial score (nSPS) is 23.5. The molecular weight excluding hydrogens is 232 g/mol. The Labute approximate surface area is 118 Å². The fourth-order valence-corrected chi connectivity index (χ4v) is 2.84. The zero-order chi connectivity index (χ0) is 14.0. The van der Waals surface area contributed by atoms with Crippen molar-refractivity contribution in [3.63, 3.8) is 0 Å². The number of anilines is 1. The third-order valence-corrected chi connectivity index (χ3v) is 4.29. The van der Waals surface area contributed by atoms with Gasteiger partial charge >= 0.3 is 0 Å². The van der Waals surface area contributed by atoms with Gasteiger partial charge in [0.2, 0.25) is 0 Å². The van der Waals surface area contributed by atoms with Gasteiger partial charge in [-0.1, -0.05) is 26.0 Å². The van der Waals surface area contributed by atoms with Crippen molar-refractivity contribution in [3.8, 4) is 0 Å². The molecule has 1 aliphatic rings. The van der Waals surface area contributed by atoms with Gasteiger partial charge in [0.15, 0.2) is 0 Å². The Kier molecular flexibility index (Phi) is 4.19. The first-order valence-electron chi connectivity index (χ1n) is 7.51. The lowest BCUT2D eigenvalue weighted by atomic mass is 9.96. The van der Waals surface area contributed by atoms with Gasteiger partial charge in [0.25, 0.3) is 0 Å². The predicted octanol–water partition coefficient (Wildman–Crippen LogP) is 3.78. The van der Waals surface area contributed by atoms with Gasteiger partial charge in [0.1, 0.15) is 0 Å². The Morgan fingerprint density at radius 1 is 1.21 bits per heavy atom. The fourth-order valence-electron chi connectivity index (χ4n) is 2.84. The maximum atomic E-state index is 3.59. The number of hydrogen-bond donors (Lipinski definition) is 1. The van der Waals surface area contributed by atoms with Crippen molar-refractivity contribution in [2.24, 2.45) is 0 Å². The molecule has 1 aromatic rings. The number of rotatable bonds is 2. The van der Waals surface area contributed by atoms with Crippen LogP contribution in [0.1, 0.15) is 52.5 Å². The van der Waals surface area contributed by atoms with Gasteiger partial charge in [0.05, 0.1) is 0 Å². The van der Waals surface area contributed by atoms with Gasteiger partial charge in [0, 0.05) is 23.8 Å². The van der Waals surface area contributed by atoms with Crippen molar-refractivity contribution in [2.45, 2.75) is 58.5 Å². The highest BCUT2D eigenvalue weighted by Gasteiger charge is 2.30. The van der Waals surface area contributed by atoms with E-state index < -0.39 is 0 Å². The number of nitrogens with zero attached hydrogens (tertiary/aromatic N) is 1. The molecule has 2 heteroatoms. The van der Waals surface area contributed by atoms with E-state index in [-0.39, 0.29) is 5.54 Å². The van der Waals surface area contributed by atoms with Crippen LogP contribution in [0, 0.1) is 0 Å². The van der Waals surface area contributed by atoms with Crippen LogP contribution >= 0.6 is 0 Å². The first-order valence-corrected chi connectivity index (χ1v) is 7.51. The Hall–Kier alpha value is -1.02. The van der Waals surface area contributed by atoms with E-state index in [1.807, 2.05) is 0 Å². The van der Waals surface area contributed by atoms with E-state index in [0.717, 1.165) is 13.1 Å². The van der Waals surface area contributed by atoms with Crippen molar-refractivity contribution in [1.82, 2.24) is 5.32 Å². The van der Waals surface area contributed by atoms with Gasteiger partial charge < -0.3 is 10.2 Å². The number of hydrogen-bond acceptors (Lipinski definition) is 2. The zero-order valence-electron chi connectivity index (χ0n) is 13.0. The molecule has 1 saturated heterocycles. The lowest BCUT2D eigenvalue weighted by molar-refractivity contribution is 0.453. The number of benzene rings is 1. The summed E-state index contributed by atoms with van der Waals surface area (Å²) >= 11 is 0. The smallest absolute Gasteiger partial charge is 0.0371 e. The maximum absolute atomic E-state index is 3.59. The van der Waals surface area contributed by atoms with E-state index in [4.69, 9.17) is 0 Å². The molecule has 2 nitrogen and oxygen atoms in total. The van der Waals surface area contributed by atoms with Crippen LogP contribution in [-0.2, 0) is 0 Å². The van der Waals surface area contributed by atoms with E-state index in [2.05, 4.69) is 69.1 Å². The Bertz CT molecular complexity index is 406. The molecule has 19 heavy (non-hydrogen) atoms. The molecule has 1 aliphatic heterocycles. The van der Waals surface area contributed by atoms with Crippen LogP contribution in [0.5, 0.6) is 0 Å². The Morgan fingerprint density at radius 2 is 1.84 bits per heavy atom. The third kappa shape index (κ3) is 3.30. The molecule has 0 saturated carbocycles. The molecule has 0 bridgehead atoms. The molecule has 0 spiro atoms. The molecule has 0 aliphatic carbocycles. The van der Waals surface area contributed by atoms with E-state index in [1.165, 1.54) is 17.7 Å². The SMILES string of the molecule is CC1CN(c2ccc(C(C)C)cc2)C(C)(C)CCN1. The summed E-state index contributed by atoms with van der Waals surface area (Å²) in [5, 5.41) is 3.59. The predicted molar refractivity (Wildman–Crippen MR) is 84.0 cm³/mol. The molecular formula is C17H28N2. The molecule has 1 N–H and O–H groups in total. The summed E-state index contributed by atoms with van der Waals surface area (Å²) in [6, 6.07) is 9.68. The van der Waals surface area contributed by atoms with Crippen molar-refractivity contribution >= 4 is 5.69 Å². The largest absolute Gasteiger partial charge is 0.365 e. The summed E-state index contributed by atoms with van der Waals surface area (Å²) in [5.41, 5.74) is 2.99. The minimum absolute atomic E-state index is 0.219. The summed E-state index contributed by atoms with van der Waals surface area (Å²) in [6.45, 7) is 13.7. The van der Waals surface area contributed by atoms with Crippen LogP contribution < -0.4 is 10.2 Å². The van der Waals surface area contributed by atoms with Crippen molar-refractivity contribution in [1.29, 1.82) is 0 Å². The van der Waals surface area contributed by atoms with Gasteiger partial charge in [-0.25, -0.2) is 0 Å².